The second kappa shape index (κ2) is 6.78. The number of aromatic nitrogens is 3. The van der Waals surface area contributed by atoms with Crippen LogP contribution in [0.15, 0.2) is 24.4 Å². The standard InChI is InChI=1S/C21H21ClN4O/c22-14-4-5-18-17(10-14)20-19(12-24-18)25-21(13-2-1-3-13)26(20)15-7-9-27-16(11-15)6-8-23/h4-5,10,12-13,15-16H,1-3,6-7,9,11H2/t15?,16-/m0/s1. The van der Waals surface area contributed by atoms with Gasteiger partial charge in [0, 0.05) is 29.0 Å². The summed E-state index contributed by atoms with van der Waals surface area (Å²) in [5.41, 5.74) is 3.01. The summed E-state index contributed by atoms with van der Waals surface area (Å²) in [6, 6.07) is 8.41. The van der Waals surface area contributed by atoms with Crippen LogP contribution in [-0.4, -0.2) is 27.2 Å². The summed E-state index contributed by atoms with van der Waals surface area (Å²) < 4.78 is 8.25. The van der Waals surface area contributed by atoms with Crippen LogP contribution in [0.5, 0.6) is 0 Å². The molecule has 1 aliphatic heterocycles. The summed E-state index contributed by atoms with van der Waals surface area (Å²) in [5, 5.41) is 10.9. The van der Waals surface area contributed by atoms with E-state index in [1.165, 1.54) is 25.1 Å². The first-order valence-corrected chi connectivity index (χ1v) is 10.1. The van der Waals surface area contributed by atoms with Crippen molar-refractivity contribution in [3.8, 4) is 6.07 Å². The fourth-order valence-corrected chi connectivity index (χ4v) is 4.60. The van der Waals surface area contributed by atoms with Gasteiger partial charge >= 0.3 is 0 Å². The van der Waals surface area contributed by atoms with Gasteiger partial charge in [0.25, 0.3) is 0 Å². The minimum Gasteiger partial charge on any atom is -0.377 e. The highest BCUT2D eigenvalue weighted by Crippen LogP contribution is 2.42. The highest BCUT2D eigenvalue weighted by atomic mass is 35.5. The Labute approximate surface area is 162 Å². The molecule has 2 atom stereocenters. The van der Waals surface area contributed by atoms with Crippen molar-refractivity contribution in [2.24, 2.45) is 0 Å². The lowest BCUT2D eigenvalue weighted by Gasteiger charge is -2.33. The van der Waals surface area contributed by atoms with E-state index in [9.17, 15) is 0 Å². The normalized spacial score (nSPS) is 23.4. The van der Waals surface area contributed by atoms with Gasteiger partial charge in [-0.15, -0.1) is 0 Å². The van der Waals surface area contributed by atoms with E-state index in [1.54, 1.807) is 0 Å². The molecule has 1 saturated heterocycles. The van der Waals surface area contributed by atoms with Crippen LogP contribution in [0.2, 0.25) is 5.02 Å². The third kappa shape index (κ3) is 2.88. The van der Waals surface area contributed by atoms with E-state index in [0.29, 0.717) is 30.0 Å². The van der Waals surface area contributed by atoms with Crippen LogP contribution in [0.4, 0.5) is 0 Å². The number of pyridine rings is 1. The summed E-state index contributed by atoms with van der Waals surface area (Å²) in [5.74, 6) is 1.69. The average molecular weight is 381 g/mol. The van der Waals surface area contributed by atoms with Gasteiger partial charge in [-0.3, -0.25) is 4.98 Å². The molecule has 1 saturated carbocycles. The van der Waals surface area contributed by atoms with Crippen molar-refractivity contribution in [2.45, 2.75) is 56.6 Å². The van der Waals surface area contributed by atoms with E-state index in [1.807, 2.05) is 24.4 Å². The number of hydrogen-bond donors (Lipinski definition) is 0. The number of benzene rings is 1. The Kier molecular flexibility index (Phi) is 4.26. The molecule has 0 spiro atoms. The van der Waals surface area contributed by atoms with Gasteiger partial charge in [0.1, 0.15) is 11.3 Å². The molecular formula is C21H21ClN4O. The first kappa shape index (κ1) is 17.0. The third-order valence-electron chi connectivity index (χ3n) is 6.00. The van der Waals surface area contributed by atoms with Crippen LogP contribution < -0.4 is 0 Å². The maximum Gasteiger partial charge on any atom is 0.113 e. The molecule has 2 aromatic heterocycles. The number of ether oxygens (including phenoxy) is 1. The zero-order valence-electron chi connectivity index (χ0n) is 15.1. The molecule has 5 rings (SSSR count). The summed E-state index contributed by atoms with van der Waals surface area (Å²) in [4.78, 5) is 9.61. The second-order valence-corrected chi connectivity index (χ2v) is 8.09. The number of fused-ring (bicyclic) bond motifs is 3. The van der Waals surface area contributed by atoms with Crippen LogP contribution >= 0.6 is 11.6 Å². The minimum absolute atomic E-state index is 0.00266. The number of rotatable bonds is 3. The van der Waals surface area contributed by atoms with Crippen LogP contribution in [0.25, 0.3) is 21.9 Å². The summed E-state index contributed by atoms with van der Waals surface area (Å²) >= 11 is 6.32. The first-order chi connectivity index (χ1) is 13.2. The Morgan fingerprint density at radius 2 is 2.15 bits per heavy atom. The smallest absolute Gasteiger partial charge is 0.113 e. The fraction of sp³-hybridized carbons (Fsp3) is 0.476. The van der Waals surface area contributed by atoms with Crippen molar-refractivity contribution >= 4 is 33.5 Å². The van der Waals surface area contributed by atoms with Gasteiger partial charge in [-0.2, -0.15) is 5.26 Å². The van der Waals surface area contributed by atoms with Crippen molar-refractivity contribution in [2.75, 3.05) is 6.61 Å². The Hall–Kier alpha value is -2.16. The summed E-state index contributed by atoms with van der Waals surface area (Å²) in [7, 11) is 0. The number of nitrogens with zero attached hydrogens (tertiary/aromatic N) is 4. The molecule has 1 aliphatic carbocycles. The molecule has 2 aliphatic rings. The first-order valence-electron chi connectivity index (χ1n) is 9.69. The number of halogens is 1. The van der Waals surface area contributed by atoms with Crippen molar-refractivity contribution < 1.29 is 4.74 Å². The summed E-state index contributed by atoms with van der Waals surface area (Å²) in [6.07, 6.45) is 7.77. The molecule has 27 heavy (non-hydrogen) atoms. The minimum atomic E-state index is -0.00266. The van der Waals surface area contributed by atoms with E-state index >= 15 is 0 Å². The lowest BCUT2D eigenvalue weighted by molar-refractivity contribution is -0.00245. The fourth-order valence-electron chi connectivity index (χ4n) is 4.43. The van der Waals surface area contributed by atoms with Gasteiger partial charge in [-0.05, 0) is 43.9 Å². The van der Waals surface area contributed by atoms with Gasteiger partial charge in [0.2, 0.25) is 0 Å². The van der Waals surface area contributed by atoms with Crippen molar-refractivity contribution in [3.05, 3.63) is 35.2 Å². The molecular weight excluding hydrogens is 360 g/mol. The molecule has 138 valence electrons. The Balaban J connectivity index is 1.72. The van der Waals surface area contributed by atoms with Crippen LogP contribution in [0, 0.1) is 11.3 Å². The van der Waals surface area contributed by atoms with E-state index in [4.69, 9.17) is 26.6 Å². The second-order valence-electron chi connectivity index (χ2n) is 7.65. The summed E-state index contributed by atoms with van der Waals surface area (Å²) in [6.45, 7) is 0.685. The van der Waals surface area contributed by atoms with E-state index in [0.717, 1.165) is 34.8 Å². The van der Waals surface area contributed by atoms with Crippen LogP contribution in [0.1, 0.15) is 56.3 Å². The van der Waals surface area contributed by atoms with Crippen molar-refractivity contribution in [1.82, 2.24) is 14.5 Å². The maximum absolute atomic E-state index is 9.10. The number of nitriles is 1. The molecule has 0 radical (unpaired) electrons. The molecule has 3 aromatic rings. The highest BCUT2D eigenvalue weighted by Gasteiger charge is 2.32. The lowest BCUT2D eigenvalue weighted by atomic mass is 9.84. The molecule has 0 N–H and O–H groups in total. The third-order valence-corrected chi connectivity index (χ3v) is 6.23. The van der Waals surface area contributed by atoms with Crippen LogP contribution in [-0.2, 0) is 4.74 Å². The molecule has 0 bridgehead atoms. The van der Waals surface area contributed by atoms with Gasteiger partial charge < -0.3 is 9.30 Å². The van der Waals surface area contributed by atoms with Crippen LogP contribution in [0.3, 0.4) is 0 Å². The monoisotopic (exact) mass is 380 g/mol. The topological polar surface area (TPSA) is 63.7 Å². The van der Waals surface area contributed by atoms with Gasteiger partial charge in [-0.1, -0.05) is 18.0 Å². The maximum atomic E-state index is 9.10. The van der Waals surface area contributed by atoms with Gasteiger partial charge in [-0.25, -0.2) is 4.98 Å². The zero-order chi connectivity index (χ0) is 18.4. The van der Waals surface area contributed by atoms with E-state index in [-0.39, 0.29) is 6.10 Å². The number of hydrogen-bond acceptors (Lipinski definition) is 4. The molecule has 3 heterocycles. The molecule has 5 nitrogen and oxygen atoms in total. The molecule has 6 heteroatoms. The number of imidazole rings is 1. The van der Waals surface area contributed by atoms with Gasteiger partial charge in [0.15, 0.2) is 0 Å². The highest BCUT2D eigenvalue weighted by molar-refractivity contribution is 6.31. The average Bonchev–Trinajstić information content (AvgIpc) is 3.00. The predicted molar refractivity (Wildman–Crippen MR) is 105 cm³/mol. The molecule has 1 unspecified atom stereocenters. The van der Waals surface area contributed by atoms with Gasteiger partial charge in [0.05, 0.1) is 35.8 Å². The Morgan fingerprint density at radius 1 is 1.26 bits per heavy atom. The van der Waals surface area contributed by atoms with E-state index < -0.39 is 0 Å². The predicted octanol–water partition coefficient (Wildman–Crippen LogP) is 5.14. The SMILES string of the molecule is N#CC[C@H]1CC(n2c(C3CCC3)nc3cnc4ccc(Cl)cc4c32)CCO1. The zero-order valence-corrected chi connectivity index (χ0v) is 15.8. The Bertz CT molecular complexity index is 1050. The molecule has 0 amide bonds. The van der Waals surface area contributed by atoms with Crippen molar-refractivity contribution in [1.29, 1.82) is 5.26 Å². The van der Waals surface area contributed by atoms with Crippen molar-refractivity contribution in [3.63, 3.8) is 0 Å². The molecule has 2 fully saturated rings. The Morgan fingerprint density at radius 3 is 2.93 bits per heavy atom. The quantitative estimate of drug-likeness (QED) is 0.631. The largest absolute Gasteiger partial charge is 0.377 e. The molecule has 1 aromatic carbocycles. The van der Waals surface area contributed by atoms with E-state index in [2.05, 4.69) is 15.6 Å². The lowest BCUT2D eigenvalue weighted by Crippen LogP contribution is -2.29.